The van der Waals surface area contributed by atoms with Crippen molar-refractivity contribution in [3.8, 4) is 5.75 Å². The first-order valence-corrected chi connectivity index (χ1v) is 12.4. The van der Waals surface area contributed by atoms with E-state index in [2.05, 4.69) is 0 Å². The average Bonchev–Trinajstić information content (AvgIpc) is 3.24. The van der Waals surface area contributed by atoms with E-state index in [0.29, 0.717) is 29.0 Å². The highest BCUT2D eigenvalue weighted by Crippen LogP contribution is 2.40. The van der Waals surface area contributed by atoms with Gasteiger partial charge in [-0.05, 0) is 36.4 Å². The quantitative estimate of drug-likeness (QED) is 0.404. The Morgan fingerprint density at radius 1 is 1.00 bits per heavy atom. The second-order valence-corrected chi connectivity index (χ2v) is 9.87. The maximum atomic E-state index is 14.9. The second-order valence-electron chi connectivity index (χ2n) is 8.76. The van der Waals surface area contributed by atoms with E-state index in [1.165, 1.54) is 22.4 Å². The van der Waals surface area contributed by atoms with Crippen LogP contribution >= 0.6 is 11.8 Å². The summed E-state index contributed by atoms with van der Waals surface area (Å²) in [5, 5.41) is 40.9. The third-order valence-electron chi connectivity index (χ3n) is 6.44. The standard InChI is InChI=1S/C25H28FNO7S/c26-17-2-1-3-18-21(17)20(12-27(18)25-24(31)23(30)22(29)19(13-28)34-25)35-16-6-4-14(5-7-16)33-15-8-10-32-11-9-15/h1-7,12,15,19,22-25,28-31H,8-11,13H2/t19-,22-,23+,24-,25-/m1/s1. The Kier molecular flexibility index (Phi) is 7.31. The normalized spacial score (nSPS) is 27.9. The number of fused-ring (bicyclic) bond motifs is 1. The van der Waals surface area contributed by atoms with Crippen LogP contribution in [0.5, 0.6) is 5.75 Å². The van der Waals surface area contributed by atoms with Gasteiger partial charge in [0.05, 0.1) is 25.3 Å². The van der Waals surface area contributed by atoms with Crippen LogP contribution in [0.4, 0.5) is 4.39 Å². The number of hydrogen-bond donors (Lipinski definition) is 4. The molecule has 2 fully saturated rings. The molecule has 3 heterocycles. The van der Waals surface area contributed by atoms with E-state index in [-0.39, 0.29) is 6.10 Å². The van der Waals surface area contributed by atoms with Gasteiger partial charge in [0.25, 0.3) is 0 Å². The van der Waals surface area contributed by atoms with Gasteiger partial charge in [0.2, 0.25) is 0 Å². The van der Waals surface area contributed by atoms with E-state index < -0.39 is 43.1 Å². The number of nitrogens with zero attached hydrogens (tertiary/aromatic N) is 1. The van der Waals surface area contributed by atoms with Crippen molar-refractivity contribution >= 4 is 22.7 Å². The van der Waals surface area contributed by atoms with Crippen LogP contribution in [0.2, 0.25) is 0 Å². The fourth-order valence-electron chi connectivity index (χ4n) is 4.53. The van der Waals surface area contributed by atoms with E-state index in [9.17, 15) is 24.8 Å². The maximum Gasteiger partial charge on any atom is 0.163 e. The van der Waals surface area contributed by atoms with Crippen LogP contribution in [0.1, 0.15) is 19.1 Å². The SMILES string of the molecule is OC[C@H]1O[C@@H](n2cc(Sc3ccc(OC4CCOCC4)cc3)c3c(F)cccc32)[C@H](O)[C@@H](O)[C@@H]1O. The zero-order valence-corrected chi connectivity index (χ0v) is 19.7. The molecule has 1 aromatic heterocycles. The van der Waals surface area contributed by atoms with E-state index in [1.807, 2.05) is 24.3 Å². The predicted molar refractivity (Wildman–Crippen MR) is 126 cm³/mol. The summed E-state index contributed by atoms with van der Waals surface area (Å²) < 4.78 is 33.6. The summed E-state index contributed by atoms with van der Waals surface area (Å²) in [6.45, 7) is 0.851. The minimum Gasteiger partial charge on any atom is -0.490 e. The van der Waals surface area contributed by atoms with Crippen LogP contribution in [0.3, 0.4) is 0 Å². The molecule has 4 N–H and O–H groups in total. The fraction of sp³-hybridized carbons (Fsp3) is 0.440. The molecular formula is C25H28FNO7S. The molecule has 0 saturated carbocycles. The smallest absolute Gasteiger partial charge is 0.163 e. The number of benzene rings is 2. The molecule has 0 bridgehead atoms. The largest absolute Gasteiger partial charge is 0.490 e. The maximum absolute atomic E-state index is 14.9. The van der Waals surface area contributed by atoms with Gasteiger partial charge >= 0.3 is 0 Å². The van der Waals surface area contributed by atoms with Crippen molar-refractivity contribution in [2.24, 2.45) is 0 Å². The van der Waals surface area contributed by atoms with E-state index in [4.69, 9.17) is 14.2 Å². The Bertz CT molecular complexity index is 1150. The molecule has 2 aromatic carbocycles. The lowest BCUT2D eigenvalue weighted by atomic mass is 9.98. The van der Waals surface area contributed by atoms with Crippen molar-refractivity contribution in [1.29, 1.82) is 0 Å². The van der Waals surface area contributed by atoms with Crippen molar-refractivity contribution in [3.05, 3.63) is 54.5 Å². The summed E-state index contributed by atoms with van der Waals surface area (Å²) in [6.07, 6.45) is -3.18. The van der Waals surface area contributed by atoms with Crippen LogP contribution in [0.25, 0.3) is 10.9 Å². The van der Waals surface area contributed by atoms with Gasteiger partial charge in [0.1, 0.15) is 42.1 Å². The molecule has 188 valence electrons. The Morgan fingerprint density at radius 2 is 1.74 bits per heavy atom. The Morgan fingerprint density at radius 3 is 2.46 bits per heavy atom. The summed E-state index contributed by atoms with van der Waals surface area (Å²) in [6, 6.07) is 12.2. The van der Waals surface area contributed by atoms with Gasteiger partial charge in [0, 0.05) is 34.2 Å². The molecule has 35 heavy (non-hydrogen) atoms. The summed E-state index contributed by atoms with van der Waals surface area (Å²) in [5.74, 6) is 0.323. The lowest BCUT2D eigenvalue weighted by Crippen LogP contribution is -2.56. The van der Waals surface area contributed by atoms with Crippen molar-refractivity contribution < 1.29 is 39.0 Å². The average molecular weight is 506 g/mol. The third kappa shape index (κ3) is 4.92. The molecule has 0 aliphatic carbocycles. The number of rotatable bonds is 6. The van der Waals surface area contributed by atoms with Gasteiger partial charge < -0.3 is 39.2 Å². The van der Waals surface area contributed by atoms with Crippen LogP contribution in [-0.2, 0) is 9.47 Å². The molecule has 0 radical (unpaired) electrons. The summed E-state index contributed by atoms with van der Waals surface area (Å²) >= 11 is 1.35. The third-order valence-corrected chi connectivity index (χ3v) is 7.47. The highest BCUT2D eigenvalue weighted by molar-refractivity contribution is 7.99. The van der Waals surface area contributed by atoms with Crippen molar-refractivity contribution in [3.63, 3.8) is 0 Å². The Balaban J connectivity index is 1.42. The fourth-order valence-corrected chi connectivity index (χ4v) is 5.53. The first-order chi connectivity index (χ1) is 17.0. The van der Waals surface area contributed by atoms with E-state index in [0.717, 1.165) is 23.5 Å². The van der Waals surface area contributed by atoms with Gasteiger partial charge in [0.15, 0.2) is 6.23 Å². The number of aromatic nitrogens is 1. The number of aliphatic hydroxyl groups is 4. The minimum atomic E-state index is -1.53. The molecule has 0 spiro atoms. The van der Waals surface area contributed by atoms with Gasteiger partial charge in [-0.2, -0.15) is 0 Å². The molecule has 3 aromatic rings. The van der Waals surface area contributed by atoms with Crippen molar-refractivity contribution in [2.45, 2.75) is 59.4 Å². The number of halogens is 1. The second kappa shape index (κ2) is 10.4. The van der Waals surface area contributed by atoms with E-state index in [1.54, 1.807) is 18.3 Å². The molecular weight excluding hydrogens is 477 g/mol. The molecule has 2 aliphatic rings. The highest BCUT2D eigenvalue weighted by Gasteiger charge is 2.44. The van der Waals surface area contributed by atoms with E-state index >= 15 is 0 Å². The summed E-state index contributed by atoms with van der Waals surface area (Å²) in [5.41, 5.74) is 0.455. The molecule has 2 saturated heterocycles. The van der Waals surface area contributed by atoms with Crippen molar-refractivity contribution in [1.82, 2.24) is 4.57 Å². The van der Waals surface area contributed by atoms with Gasteiger partial charge in [-0.3, -0.25) is 0 Å². The summed E-state index contributed by atoms with van der Waals surface area (Å²) in [4.78, 5) is 1.45. The lowest BCUT2D eigenvalue weighted by Gasteiger charge is -2.40. The molecule has 5 rings (SSSR count). The first-order valence-electron chi connectivity index (χ1n) is 11.6. The van der Waals surface area contributed by atoms with Crippen LogP contribution in [0.15, 0.2) is 58.5 Å². The number of hydrogen-bond acceptors (Lipinski definition) is 8. The van der Waals surface area contributed by atoms with Crippen LogP contribution in [0, 0.1) is 5.82 Å². The number of aliphatic hydroxyl groups excluding tert-OH is 4. The predicted octanol–water partition coefficient (Wildman–Crippen LogP) is 2.46. The summed E-state index contributed by atoms with van der Waals surface area (Å²) in [7, 11) is 0. The molecule has 0 amide bonds. The number of ether oxygens (including phenoxy) is 3. The van der Waals surface area contributed by atoms with Crippen molar-refractivity contribution in [2.75, 3.05) is 19.8 Å². The molecule has 5 atom stereocenters. The highest BCUT2D eigenvalue weighted by atomic mass is 32.2. The molecule has 10 heteroatoms. The Labute approximate surface area is 205 Å². The topological polar surface area (TPSA) is 114 Å². The van der Waals surface area contributed by atoms with Gasteiger partial charge in [-0.25, -0.2) is 4.39 Å². The monoisotopic (exact) mass is 505 g/mol. The minimum absolute atomic E-state index is 0.132. The molecule has 0 unspecified atom stereocenters. The van der Waals surface area contributed by atoms with Gasteiger partial charge in [-0.15, -0.1) is 0 Å². The zero-order chi connectivity index (χ0) is 24.5. The lowest BCUT2D eigenvalue weighted by molar-refractivity contribution is -0.250. The van der Waals surface area contributed by atoms with Crippen LogP contribution in [-0.4, -0.2) is 75.3 Å². The van der Waals surface area contributed by atoms with Gasteiger partial charge in [-0.1, -0.05) is 17.8 Å². The van der Waals surface area contributed by atoms with Crippen LogP contribution < -0.4 is 4.74 Å². The first kappa shape index (κ1) is 24.5. The molecule has 2 aliphatic heterocycles. The zero-order valence-electron chi connectivity index (χ0n) is 18.9. The molecule has 8 nitrogen and oxygen atoms in total. The Hall–Kier alpha value is -2.18.